The van der Waals surface area contributed by atoms with E-state index in [1.165, 1.54) is 4.88 Å². The van der Waals surface area contributed by atoms with Crippen molar-refractivity contribution in [2.24, 2.45) is 5.73 Å². The number of carbonyl (C=O) groups excluding carboxylic acids is 1. The van der Waals surface area contributed by atoms with Gasteiger partial charge < -0.3 is 5.73 Å². The second kappa shape index (κ2) is 5.28. The molecule has 1 amide bonds. The van der Waals surface area contributed by atoms with Crippen LogP contribution in [0.25, 0.3) is 0 Å². The molecule has 4 heteroatoms. The average Bonchev–Trinajstić information content (AvgIpc) is 2.67. The van der Waals surface area contributed by atoms with Crippen molar-refractivity contribution in [1.82, 2.24) is 4.90 Å². The zero-order valence-electron chi connectivity index (χ0n) is 9.43. The number of amides is 1. The molecule has 0 spiro atoms. The molecule has 15 heavy (non-hydrogen) atoms. The van der Waals surface area contributed by atoms with Crippen LogP contribution in [0.15, 0.2) is 17.5 Å². The summed E-state index contributed by atoms with van der Waals surface area (Å²) in [5, 5.41) is 2.07. The first-order valence-corrected chi connectivity index (χ1v) is 5.94. The predicted octanol–water partition coefficient (Wildman–Crippen LogP) is 1.48. The van der Waals surface area contributed by atoms with E-state index in [1.54, 1.807) is 11.3 Å². The maximum Gasteiger partial charge on any atom is 0.234 e. The highest BCUT2D eigenvalue weighted by molar-refractivity contribution is 7.09. The van der Waals surface area contributed by atoms with Crippen LogP contribution >= 0.6 is 11.3 Å². The van der Waals surface area contributed by atoms with Gasteiger partial charge >= 0.3 is 0 Å². The van der Waals surface area contributed by atoms with Gasteiger partial charge in [0.1, 0.15) is 0 Å². The predicted molar refractivity (Wildman–Crippen MR) is 63.9 cm³/mol. The minimum Gasteiger partial charge on any atom is -0.368 e. The third-order valence-electron chi connectivity index (χ3n) is 2.79. The summed E-state index contributed by atoms with van der Waals surface area (Å²) >= 11 is 1.75. The van der Waals surface area contributed by atoms with Gasteiger partial charge in [0.15, 0.2) is 0 Å². The van der Waals surface area contributed by atoms with E-state index in [9.17, 15) is 4.79 Å². The van der Waals surface area contributed by atoms with Crippen molar-refractivity contribution in [3.8, 4) is 0 Å². The van der Waals surface area contributed by atoms with Crippen molar-refractivity contribution >= 4 is 17.2 Å². The second-order valence-electron chi connectivity index (χ2n) is 3.88. The van der Waals surface area contributed by atoms with Crippen LogP contribution in [0.2, 0.25) is 0 Å². The second-order valence-corrected chi connectivity index (χ2v) is 4.91. The molecule has 2 atom stereocenters. The molecule has 0 aromatic carbocycles. The normalized spacial score (nSPS) is 15.2. The molecule has 84 valence electrons. The van der Waals surface area contributed by atoms with Gasteiger partial charge in [0, 0.05) is 10.9 Å². The maximum atomic E-state index is 11.0. The molecule has 2 N–H and O–H groups in total. The highest BCUT2D eigenvalue weighted by Gasteiger charge is 2.20. The molecule has 0 saturated heterocycles. The quantitative estimate of drug-likeness (QED) is 0.826. The standard InChI is InChI=1S/C11H18N2OS/c1-8(7-10-5-4-6-15-10)13(3)9(2)11(12)14/h4-6,8-9H,7H2,1-3H3,(H2,12,14). The number of primary amides is 1. The first-order chi connectivity index (χ1) is 7.02. The first-order valence-electron chi connectivity index (χ1n) is 5.06. The van der Waals surface area contributed by atoms with E-state index in [4.69, 9.17) is 5.73 Å². The third kappa shape index (κ3) is 3.32. The van der Waals surface area contributed by atoms with Gasteiger partial charge in [-0.25, -0.2) is 0 Å². The van der Waals surface area contributed by atoms with E-state index in [1.807, 2.05) is 24.9 Å². The minimum atomic E-state index is -0.268. The Morgan fingerprint density at radius 3 is 2.73 bits per heavy atom. The van der Waals surface area contributed by atoms with Crippen molar-refractivity contribution in [3.63, 3.8) is 0 Å². The van der Waals surface area contributed by atoms with Gasteiger partial charge in [0.2, 0.25) is 5.91 Å². The monoisotopic (exact) mass is 226 g/mol. The lowest BCUT2D eigenvalue weighted by Crippen LogP contribution is -2.45. The van der Waals surface area contributed by atoms with Crippen LogP contribution in [0.1, 0.15) is 18.7 Å². The van der Waals surface area contributed by atoms with Crippen molar-refractivity contribution in [1.29, 1.82) is 0 Å². The van der Waals surface area contributed by atoms with E-state index < -0.39 is 0 Å². The van der Waals surface area contributed by atoms with Gasteiger partial charge in [-0.2, -0.15) is 0 Å². The highest BCUT2D eigenvalue weighted by Crippen LogP contribution is 2.14. The molecule has 0 aliphatic rings. The van der Waals surface area contributed by atoms with Crippen molar-refractivity contribution in [2.75, 3.05) is 7.05 Å². The van der Waals surface area contributed by atoms with Crippen molar-refractivity contribution < 1.29 is 4.79 Å². The number of nitrogens with zero attached hydrogens (tertiary/aromatic N) is 1. The van der Waals surface area contributed by atoms with Gasteiger partial charge in [-0.3, -0.25) is 9.69 Å². The van der Waals surface area contributed by atoms with Crippen molar-refractivity contribution in [2.45, 2.75) is 32.4 Å². The van der Waals surface area contributed by atoms with Crippen LogP contribution in [0.4, 0.5) is 0 Å². The Labute approximate surface area is 94.9 Å². The summed E-state index contributed by atoms with van der Waals surface area (Å²) in [5.74, 6) is -0.268. The summed E-state index contributed by atoms with van der Waals surface area (Å²) in [4.78, 5) is 14.4. The van der Waals surface area contributed by atoms with E-state index in [0.29, 0.717) is 6.04 Å². The molecule has 0 fully saturated rings. The molecule has 2 unspecified atom stereocenters. The van der Waals surface area contributed by atoms with Crippen LogP contribution in [0.3, 0.4) is 0 Å². The molecule has 1 rings (SSSR count). The van der Waals surface area contributed by atoms with Gasteiger partial charge in [-0.05, 0) is 38.8 Å². The molecular formula is C11H18N2OS. The average molecular weight is 226 g/mol. The lowest BCUT2D eigenvalue weighted by Gasteiger charge is -2.28. The van der Waals surface area contributed by atoms with Gasteiger partial charge in [-0.1, -0.05) is 6.07 Å². The maximum absolute atomic E-state index is 11.0. The fourth-order valence-electron chi connectivity index (χ4n) is 1.45. The molecule has 0 saturated carbocycles. The molecule has 3 nitrogen and oxygen atoms in total. The third-order valence-corrected chi connectivity index (χ3v) is 3.69. The topological polar surface area (TPSA) is 46.3 Å². The largest absolute Gasteiger partial charge is 0.368 e. The van der Waals surface area contributed by atoms with E-state index >= 15 is 0 Å². The molecule has 0 aliphatic carbocycles. The fourth-order valence-corrected chi connectivity index (χ4v) is 2.27. The van der Waals surface area contributed by atoms with Crippen LogP contribution in [-0.2, 0) is 11.2 Å². The number of carbonyl (C=O) groups is 1. The number of thiophene rings is 1. The fraction of sp³-hybridized carbons (Fsp3) is 0.545. The van der Waals surface area contributed by atoms with Gasteiger partial charge in [0.05, 0.1) is 6.04 Å². The number of hydrogen-bond acceptors (Lipinski definition) is 3. The Balaban J connectivity index is 2.53. The first kappa shape index (κ1) is 12.2. The number of hydrogen-bond donors (Lipinski definition) is 1. The van der Waals surface area contributed by atoms with E-state index in [-0.39, 0.29) is 11.9 Å². The Morgan fingerprint density at radius 1 is 1.60 bits per heavy atom. The summed E-state index contributed by atoms with van der Waals surface area (Å²) < 4.78 is 0. The smallest absolute Gasteiger partial charge is 0.234 e. The molecular weight excluding hydrogens is 208 g/mol. The van der Waals surface area contributed by atoms with Gasteiger partial charge in [-0.15, -0.1) is 11.3 Å². The summed E-state index contributed by atoms with van der Waals surface area (Å²) in [6, 6.07) is 4.28. The SMILES string of the molecule is CC(Cc1cccs1)N(C)C(C)C(N)=O. The molecule has 0 bridgehead atoms. The van der Waals surface area contributed by atoms with Gasteiger partial charge in [0.25, 0.3) is 0 Å². The molecule has 1 heterocycles. The Morgan fingerprint density at radius 2 is 2.27 bits per heavy atom. The number of rotatable bonds is 5. The molecule has 1 aromatic rings. The number of likely N-dealkylation sites (N-methyl/N-ethyl adjacent to an activating group) is 1. The van der Waals surface area contributed by atoms with E-state index in [0.717, 1.165) is 6.42 Å². The van der Waals surface area contributed by atoms with Crippen LogP contribution in [0, 0.1) is 0 Å². The molecule has 1 aromatic heterocycles. The van der Waals surface area contributed by atoms with Crippen LogP contribution in [0.5, 0.6) is 0 Å². The lowest BCUT2D eigenvalue weighted by atomic mass is 10.1. The van der Waals surface area contributed by atoms with Crippen LogP contribution < -0.4 is 5.73 Å². The molecule has 0 aliphatic heterocycles. The Kier molecular flexibility index (Phi) is 4.29. The Hall–Kier alpha value is -0.870. The summed E-state index contributed by atoms with van der Waals surface area (Å²) in [5.41, 5.74) is 5.27. The van der Waals surface area contributed by atoms with Crippen LogP contribution in [-0.4, -0.2) is 29.9 Å². The minimum absolute atomic E-state index is 0.208. The van der Waals surface area contributed by atoms with E-state index in [2.05, 4.69) is 18.4 Å². The highest BCUT2D eigenvalue weighted by atomic mass is 32.1. The summed E-state index contributed by atoms with van der Waals surface area (Å²) in [6.07, 6.45) is 0.964. The Bertz CT molecular complexity index is 310. The van der Waals surface area contributed by atoms with Crippen molar-refractivity contribution in [3.05, 3.63) is 22.4 Å². The summed E-state index contributed by atoms with van der Waals surface area (Å²) in [7, 11) is 1.94. The zero-order chi connectivity index (χ0) is 11.4. The molecule has 0 radical (unpaired) electrons. The summed E-state index contributed by atoms with van der Waals surface area (Å²) in [6.45, 7) is 3.95. The lowest BCUT2D eigenvalue weighted by molar-refractivity contribution is -0.122. The zero-order valence-corrected chi connectivity index (χ0v) is 10.3. The number of nitrogens with two attached hydrogens (primary N) is 1.